The molecule has 0 saturated carbocycles. The summed E-state index contributed by atoms with van der Waals surface area (Å²) in [5, 5.41) is 11.6. The zero-order chi connectivity index (χ0) is 17.3. The molecule has 132 valence electrons. The fraction of sp³-hybridized carbons (Fsp3) is 0.316. The third-order valence-electron chi connectivity index (χ3n) is 4.83. The Kier molecular flexibility index (Phi) is 3.79. The third-order valence-corrected chi connectivity index (χ3v) is 4.83. The Morgan fingerprint density at radius 1 is 1.12 bits per heavy atom. The van der Waals surface area contributed by atoms with Gasteiger partial charge in [0.05, 0.1) is 12.2 Å². The van der Waals surface area contributed by atoms with Crippen molar-refractivity contribution >= 4 is 5.84 Å². The molecule has 0 bridgehead atoms. The van der Waals surface area contributed by atoms with Crippen molar-refractivity contribution in [2.45, 2.75) is 19.5 Å². The second-order valence-electron chi connectivity index (χ2n) is 6.60. The topological polar surface area (TPSA) is 72.1 Å². The van der Waals surface area contributed by atoms with E-state index >= 15 is 0 Å². The van der Waals surface area contributed by atoms with Crippen molar-refractivity contribution in [3.05, 3.63) is 54.0 Å². The fourth-order valence-corrected chi connectivity index (χ4v) is 3.57. The van der Waals surface area contributed by atoms with E-state index in [4.69, 9.17) is 5.10 Å². The lowest BCUT2D eigenvalue weighted by Crippen LogP contribution is -2.19. The number of fused-ring (bicyclic) bond motifs is 1. The number of aromatic nitrogens is 4. The van der Waals surface area contributed by atoms with Crippen molar-refractivity contribution < 1.29 is 0 Å². The van der Waals surface area contributed by atoms with E-state index in [2.05, 4.69) is 60.2 Å². The highest BCUT2D eigenvalue weighted by Crippen LogP contribution is 2.23. The highest BCUT2D eigenvalue weighted by Gasteiger charge is 2.17. The number of aliphatic imine (C=N–C) groups is 1. The van der Waals surface area contributed by atoms with Crippen molar-refractivity contribution in [3.63, 3.8) is 0 Å². The lowest BCUT2D eigenvalue weighted by Gasteiger charge is -2.09. The molecule has 1 aromatic carbocycles. The molecule has 7 heteroatoms. The molecule has 0 spiro atoms. The van der Waals surface area contributed by atoms with Gasteiger partial charge in [0.1, 0.15) is 11.5 Å². The lowest BCUT2D eigenvalue weighted by atomic mass is 10.2. The number of nitrogens with zero attached hydrogens (tertiary/aromatic N) is 5. The van der Waals surface area contributed by atoms with Gasteiger partial charge in [-0.3, -0.25) is 14.2 Å². The average Bonchev–Trinajstić information content (AvgIpc) is 3.41. The van der Waals surface area contributed by atoms with Crippen LogP contribution in [-0.2, 0) is 13.1 Å². The van der Waals surface area contributed by atoms with Gasteiger partial charge in [-0.1, -0.05) is 12.1 Å². The molecule has 2 aliphatic heterocycles. The van der Waals surface area contributed by atoms with Gasteiger partial charge < -0.3 is 10.6 Å². The zero-order valence-corrected chi connectivity index (χ0v) is 14.5. The summed E-state index contributed by atoms with van der Waals surface area (Å²) in [6, 6.07) is 10.5. The van der Waals surface area contributed by atoms with Crippen LogP contribution in [0.4, 0.5) is 0 Å². The Morgan fingerprint density at radius 2 is 2.12 bits per heavy atom. The van der Waals surface area contributed by atoms with Crippen molar-refractivity contribution in [2.75, 3.05) is 19.6 Å². The van der Waals surface area contributed by atoms with Crippen LogP contribution in [0, 0.1) is 0 Å². The summed E-state index contributed by atoms with van der Waals surface area (Å²) >= 11 is 0. The standard InChI is InChI=1S/C19H21N7/c1-3-14(18-21-6-7-22-18)11-15(4-1)25-10-8-23-19(25)17-12-16-13-20-5-2-9-26(16)24-17/h1,3-4,8,10-12,20H,2,5-7,9,13H2,(H,21,22). The number of hydrogen-bond donors (Lipinski definition) is 2. The van der Waals surface area contributed by atoms with E-state index in [-0.39, 0.29) is 0 Å². The Hall–Kier alpha value is -2.93. The molecule has 3 aromatic rings. The van der Waals surface area contributed by atoms with Gasteiger partial charge in [0.25, 0.3) is 0 Å². The number of rotatable bonds is 3. The molecule has 0 atom stereocenters. The number of benzene rings is 1. The Labute approximate surface area is 151 Å². The van der Waals surface area contributed by atoms with Gasteiger partial charge in [0.15, 0.2) is 5.82 Å². The minimum Gasteiger partial charge on any atom is -0.368 e. The van der Waals surface area contributed by atoms with Crippen LogP contribution in [0.25, 0.3) is 17.2 Å². The number of aryl methyl sites for hydroxylation is 1. The maximum atomic E-state index is 4.80. The predicted octanol–water partition coefficient (Wildman–Crippen LogP) is 1.58. The lowest BCUT2D eigenvalue weighted by molar-refractivity contribution is 0.588. The van der Waals surface area contributed by atoms with Gasteiger partial charge in [0, 0.05) is 43.3 Å². The second-order valence-corrected chi connectivity index (χ2v) is 6.60. The van der Waals surface area contributed by atoms with Crippen LogP contribution in [0.3, 0.4) is 0 Å². The van der Waals surface area contributed by atoms with E-state index < -0.39 is 0 Å². The number of nitrogens with one attached hydrogen (secondary N) is 2. The maximum Gasteiger partial charge on any atom is 0.165 e. The monoisotopic (exact) mass is 347 g/mol. The number of imidazole rings is 1. The minimum absolute atomic E-state index is 0.837. The molecule has 5 rings (SSSR count). The summed E-state index contributed by atoms with van der Waals surface area (Å²) in [5.74, 6) is 1.83. The van der Waals surface area contributed by atoms with E-state index in [0.717, 1.165) is 67.7 Å². The summed E-state index contributed by atoms with van der Waals surface area (Å²) < 4.78 is 4.19. The molecule has 2 aromatic heterocycles. The molecule has 0 radical (unpaired) electrons. The van der Waals surface area contributed by atoms with E-state index in [9.17, 15) is 0 Å². The molecular formula is C19H21N7. The molecule has 4 heterocycles. The summed E-state index contributed by atoms with van der Waals surface area (Å²) in [6.07, 6.45) is 4.91. The van der Waals surface area contributed by atoms with Gasteiger partial charge in [-0.15, -0.1) is 0 Å². The third kappa shape index (κ3) is 2.70. The van der Waals surface area contributed by atoms with Gasteiger partial charge in [-0.05, 0) is 31.2 Å². The first-order chi connectivity index (χ1) is 12.9. The van der Waals surface area contributed by atoms with Crippen molar-refractivity contribution in [1.29, 1.82) is 0 Å². The molecule has 0 aliphatic carbocycles. The van der Waals surface area contributed by atoms with E-state index in [1.165, 1.54) is 5.69 Å². The minimum atomic E-state index is 0.837. The largest absolute Gasteiger partial charge is 0.368 e. The Morgan fingerprint density at radius 3 is 3.04 bits per heavy atom. The predicted molar refractivity (Wildman–Crippen MR) is 101 cm³/mol. The normalized spacial score (nSPS) is 16.7. The van der Waals surface area contributed by atoms with Crippen molar-refractivity contribution in [2.24, 2.45) is 4.99 Å². The summed E-state index contributed by atoms with van der Waals surface area (Å²) in [4.78, 5) is 9.10. The van der Waals surface area contributed by atoms with Crippen LogP contribution in [0.5, 0.6) is 0 Å². The molecule has 0 fully saturated rings. The average molecular weight is 347 g/mol. The highest BCUT2D eigenvalue weighted by atomic mass is 15.3. The van der Waals surface area contributed by atoms with Crippen molar-refractivity contribution in [1.82, 2.24) is 30.0 Å². The Bertz CT molecular complexity index is 942. The van der Waals surface area contributed by atoms with Crippen molar-refractivity contribution in [3.8, 4) is 17.2 Å². The second kappa shape index (κ2) is 6.42. The van der Waals surface area contributed by atoms with Gasteiger partial charge >= 0.3 is 0 Å². The SMILES string of the molecule is c1cc(C2=NCCN2)cc(-n2ccnc2-c2cc3n(n2)CCCNC3)c1. The molecule has 2 N–H and O–H groups in total. The van der Waals surface area contributed by atoms with E-state index in [0.29, 0.717) is 0 Å². The molecule has 0 saturated heterocycles. The molecule has 0 amide bonds. The zero-order valence-electron chi connectivity index (χ0n) is 14.5. The van der Waals surface area contributed by atoms with Crippen LogP contribution in [0.2, 0.25) is 0 Å². The number of amidine groups is 1. The van der Waals surface area contributed by atoms with E-state index in [1.807, 2.05) is 12.4 Å². The fourth-order valence-electron chi connectivity index (χ4n) is 3.57. The van der Waals surface area contributed by atoms with Crippen LogP contribution in [-0.4, -0.2) is 44.8 Å². The molecule has 7 nitrogen and oxygen atoms in total. The molecule has 0 unspecified atom stereocenters. The Balaban J connectivity index is 1.53. The van der Waals surface area contributed by atoms with Crippen LogP contribution in [0.1, 0.15) is 17.7 Å². The summed E-state index contributed by atoms with van der Waals surface area (Å²) in [7, 11) is 0. The van der Waals surface area contributed by atoms with Gasteiger partial charge in [0.2, 0.25) is 0 Å². The quantitative estimate of drug-likeness (QED) is 0.755. The van der Waals surface area contributed by atoms with Crippen LogP contribution >= 0.6 is 0 Å². The van der Waals surface area contributed by atoms with Crippen LogP contribution in [0.15, 0.2) is 47.7 Å². The maximum absolute atomic E-state index is 4.80. The first kappa shape index (κ1) is 15.3. The summed E-state index contributed by atoms with van der Waals surface area (Å²) in [5.41, 5.74) is 4.29. The smallest absolute Gasteiger partial charge is 0.165 e. The highest BCUT2D eigenvalue weighted by molar-refractivity contribution is 6.00. The van der Waals surface area contributed by atoms with Gasteiger partial charge in [-0.25, -0.2) is 4.98 Å². The molecular weight excluding hydrogens is 326 g/mol. The number of hydrogen-bond acceptors (Lipinski definition) is 5. The van der Waals surface area contributed by atoms with E-state index in [1.54, 1.807) is 0 Å². The molecule has 2 aliphatic rings. The first-order valence-corrected chi connectivity index (χ1v) is 9.09. The van der Waals surface area contributed by atoms with Crippen LogP contribution < -0.4 is 10.6 Å². The summed E-state index contributed by atoms with van der Waals surface area (Å²) in [6.45, 7) is 4.59. The van der Waals surface area contributed by atoms with Gasteiger partial charge in [-0.2, -0.15) is 5.10 Å². The molecule has 26 heavy (non-hydrogen) atoms. The first-order valence-electron chi connectivity index (χ1n) is 9.09.